The van der Waals surface area contributed by atoms with Crippen LogP contribution in [0.2, 0.25) is 0 Å². The van der Waals surface area contributed by atoms with Gasteiger partial charge in [0.05, 0.1) is 11.1 Å². The minimum absolute atomic E-state index is 0.0662. The highest BCUT2D eigenvalue weighted by Gasteiger charge is 2.30. The van der Waals surface area contributed by atoms with Crippen molar-refractivity contribution in [1.29, 1.82) is 0 Å². The summed E-state index contributed by atoms with van der Waals surface area (Å²) in [6.07, 6.45) is 9.49. The third kappa shape index (κ3) is 4.69. The molecule has 2 aromatic rings. The van der Waals surface area contributed by atoms with E-state index in [2.05, 4.69) is 6.92 Å². The van der Waals surface area contributed by atoms with E-state index in [9.17, 15) is 19.8 Å². The Hall–Kier alpha value is -2.62. The first-order valence-electron chi connectivity index (χ1n) is 10.8. The molecule has 1 saturated carbocycles. The Labute approximate surface area is 172 Å². The Morgan fingerprint density at radius 1 is 0.966 bits per heavy atom. The van der Waals surface area contributed by atoms with E-state index in [1.165, 1.54) is 6.42 Å². The summed E-state index contributed by atoms with van der Waals surface area (Å²) in [4.78, 5) is 24.3. The molecule has 0 amide bonds. The van der Waals surface area contributed by atoms with Crippen LogP contribution in [0, 0.1) is 0 Å². The minimum Gasteiger partial charge on any atom is -0.478 e. The van der Waals surface area contributed by atoms with Crippen molar-refractivity contribution in [3.8, 4) is 11.1 Å². The Balaban J connectivity index is 2.31. The second-order valence-corrected chi connectivity index (χ2v) is 8.02. The fourth-order valence-electron chi connectivity index (χ4n) is 4.68. The molecule has 0 unspecified atom stereocenters. The lowest BCUT2D eigenvalue weighted by Crippen LogP contribution is -2.17. The van der Waals surface area contributed by atoms with Crippen LogP contribution in [0.3, 0.4) is 0 Å². The molecule has 0 spiro atoms. The number of carboxylic acids is 2. The number of unbranched alkanes of at least 4 members (excludes halogenated alkanes) is 2. The SMILES string of the molecule is CCCCCc1cc(C(=O)O)c(C(=O)O)c(-c2ccccc2)c1C1CCCCC1. The number of carbonyl (C=O) groups is 2. The van der Waals surface area contributed by atoms with Crippen LogP contribution in [-0.2, 0) is 6.42 Å². The van der Waals surface area contributed by atoms with Crippen molar-refractivity contribution in [2.24, 2.45) is 0 Å². The molecule has 0 aromatic heterocycles. The molecule has 1 aliphatic rings. The number of aromatic carboxylic acids is 2. The molecule has 0 bridgehead atoms. The van der Waals surface area contributed by atoms with Gasteiger partial charge in [-0.2, -0.15) is 0 Å². The van der Waals surface area contributed by atoms with Gasteiger partial charge in [0.25, 0.3) is 0 Å². The first-order chi connectivity index (χ1) is 14.0. The molecule has 3 rings (SSSR count). The first kappa shape index (κ1) is 21.1. The molecule has 1 aliphatic carbocycles. The number of carboxylic acid groups (broad SMARTS) is 2. The van der Waals surface area contributed by atoms with E-state index >= 15 is 0 Å². The van der Waals surface area contributed by atoms with E-state index in [4.69, 9.17) is 0 Å². The van der Waals surface area contributed by atoms with Crippen molar-refractivity contribution < 1.29 is 19.8 Å². The average molecular weight is 395 g/mol. The van der Waals surface area contributed by atoms with Gasteiger partial charge >= 0.3 is 11.9 Å². The van der Waals surface area contributed by atoms with Crippen molar-refractivity contribution >= 4 is 11.9 Å². The molecule has 0 heterocycles. The zero-order valence-corrected chi connectivity index (χ0v) is 17.1. The maximum absolute atomic E-state index is 12.3. The molecular formula is C25H30O4. The lowest BCUT2D eigenvalue weighted by molar-refractivity contribution is 0.0652. The molecule has 2 N–H and O–H groups in total. The van der Waals surface area contributed by atoms with Crippen LogP contribution in [0.25, 0.3) is 11.1 Å². The van der Waals surface area contributed by atoms with Crippen LogP contribution in [0.15, 0.2) is 36.4 Å². The van der Waals surface area contributed by atoms with Gasteiger partial charge in [-0.15, -0.1) is 0 Å². The summed E-state index contributed by atoms with van der Waals surface area (Å²) in [7, 11) is 0. The van der Waals surface area contributed by atoms with Crippen molar-refractivity contribution in [3.63, 3.8) is 0 Å². The molecule has 0 saturated heterocycles. The highest BCUT2D eigenvalue weighted by atomic mass is 16.4. The Bertz CT molecular complexity index is 864. The average Bonchev–Trinajstić information content (AvgIpc) is 2.74. The van der Waals surface area contributed by atoms with Crippen LogP contribution >= 0.6 is 0 Å². The molecule has 1 fully saturated rings. The van der Waals surface area contributed by atoms with Gasteiger partial charge in [-0.3, -0.25) is 0 Å². The van der Waals surface area contributed by atoms with E-state index in [0.717, 1.165) is 68.1 Å². The fourth-order valence-corrected chi connectivity index (χ4v) is 4.68. The Kier molecular flexibility index (Phi) is 7.08. The lowest BCUT2D eigenvalue weighted by atomic mass is 9.75. The van der Waals surface area contributed by atoms with Crippen molar-refractivity contribution in [1.82, 2.24) is 0 Å². The summed E-state index contributed by atoms with van der Waals surface area (Å²) in [5.74, 6) is -2.05. The maximum Gasteiger partial charge on any atom is 0.337 e. The first-order valence-corrected chi connectivity index (χ1v) is 10.8. The fraction of sp³-hybridized carbons (Fsp3) is 0.440. The van der Waals surface area contributed by atoms with Crippen LogP contribution in [0.1, 0.15) is 96.1 Å². The zero-order chi connectivity index (χ0) is 20.8. The van der Waals surface area contributed by atoms with E-state index < -0.39 is 11.9 Å². The summed E-state index contributed by atoms with van der Waals surface area (Å²) in [5.41, 5.74) is 3.36. The van der Waals surface area contributed by atoms with E-state index in [1.54, 1.807) is 6.07 Å². The van der Waals surface area contributed by atoms with Gasteiger partial charge in [-0.25, -0.2) is 9.59 Å². The lowest BCUT2D eigenvalue weighted by Gasteiger charge is -2.29. The highest BCUT2D eigenvalue weighted by Crippen LogP contribution is 2.43. The Morgan fingerprint density at radius 2 is 1.66 bits per heavy atom. The minimum atomic E-state index is -1.17. The van der Waals surface area contributed by atoms with Gasteiger partial charge in [-0.05, 0) is 54.4 Å². The van der Waals surface area contributed by atoms with Gasteiger partial charge in [0.2, 0.25) is 0 Å². The maximum atomic E-state index is 12.3. The van der Waals surface area contributed by atoms with Crippen LogP contribution in [0.5, 0.6) is 0 Å². The summed E-state index contributed by atoms with van der Waals surface area (Å²) < 4.78 is 0. The van der Waals surface area contributed by atoms with Gasteiger partial charge in [0.15, 0.2) is 0 Å². The third-order valence-corrected chi connectivity index (χ3v) is 6.02. The standard InChI is InChI=1S/C25H30O4/c1-2-3-6-15-19-16-20(24(26)27)23(25(28)29)22(18-13-9-5-10-14-18)21(19)17-11-7-4-8-12-17/h5,9-10,13-14,16-17H,2-4,6-8,11-12,15H2,1H3,(H,26,27)(H,28,29). The van der Waals surface area contributed by atoms with Crippen LogP contribution < -0.4 is 0 Å². The number of hydrogen-bond donors (Lipinski definition) is 2. The topological polar surface area (TPSA) is 74.6 Å². The summed E-state index contributed by atoms with van der Waals surface area (Å²) >= 11 is 0. The number of benzene rings is 2. The zero-order valence-electron chi connectivity index (χ0n) is 17.1. The molecule has 154 valence electrons. The molecule has 0 aliphatic heterocycles. The second-order valence-electron chi connectivity index (χ2n) is 8.02. The van der Waals surface area contributed by atoms with Crippen molar-refractivity contribution in [2.45, 2.75) is 70.6 Å². The molecule has 0 atom stereocenters. The summed E-state index contributed by atoms with van der Waals surface area (Å²) in [6, 6.07) is 11.1. The smallest absolute Gasteiger partial charge is 0.337 e. The van der Waals surface area contributed by atoms with Gasteiger partial charge in [0.1, 0.15) is 0 Å². The second kappa shape index (κ2) is 9.73. The molecular weight excluding hydrogens is 364 g/mol. The molecule has 29 heavy (non-hydrogen) atoms. The highest BCUT2D eigenvalue weighted by molar-refractivity contribution is 6.07. The molecule has 4 heteroatoms. The number of aryl methyl sites for hydroxylation is 1. The van der Waals surface area contributed by atoms with Crippen molar-refractivity contribution in [3.05, 3.63) is 58.7 Å². The summed E-state index contributed by atoms with van der Waals surface area (Å²) in [5, 5.41) is 19.8. The number of hydrogen-bond acceptors (Lipinski definition) is 2. The molecule has 4 nitrogen and oxygen atoms in total. The van der Waals surface area contributed by atoms with Crippen LogP contribution in [-0.4, -0.2) is 22.2 Å². The predicted octanol–water partition coefficient (Wildman–Crippen LogP) is 6.53. The molecule has 2 aromatic carbocycles. The number of rotatable bonds is 8. The van der Waals surface area contributed by atoms with Crippen LogP contribution in [0.4, 0.5) is 0 Å². The Morgan fingerprint density at radius 3 is 2.24 bits per heavy atom. The van der Waals surface area contributed by atoms with E-state index in [0.29, 0.717) is 5.56 Å². The van der Waals surface area contributed by atoms with Crippen molar-refractivity contribution in [2.75, 3.05) is 0 Å². The van der Waals surface area contributed by atoms with Gasteiger partial charge < -0.3 is 10.2 Å². The monoisotopic (exact) mass is 394 g/mol. The quantitative estimate of drug-likeness (QED) is 0.499. The summed E-state index contributed by atoms with van der Waals surface area (Å²) in [6.45, 7) is 2.15. The van der Waals surface area contributed by atoms with E-state index in [-0.39, 0.29) is 17.0 Å². The van der Waals surface area contributed by atoms with Gasteiger partial charge in [-0.1, -0.05) is 69.4 Å². The normalized spacial score (nSPS) is 14.7. The third-order valence-electron chi connectivity index (χ3n) is 6.02. The molecule has 0 radical (unpaired) electrons. The van der Waals surface area contributed by atoms with Gasteiger partial charge in [0, 0.05) is 5.56 Å². The van der Waals surface area contributed by atoms with E-state index in [1.807, 2.05) is 30.3 Å². The largest absolute Gasteiger partial charge is 0.478 e. The predicted molar refractivity (Wildman–Crippen MR) is 115 cm³/mol.